The lowest BCUT2D eigenvalue weighted by Crippen LogP contribution is -2.18. The van der Waals surface area contributed by atoms with Crippen LogP contribution in [0, 0.1) is 0 Å². The first-order valence-corrected chi connectivity index (χ1v) is 12.2. The second-order valence-corrected chi connectivity index (χ2v) is 9.71. The van der Waals surface area contributed by atoms with E-state index in [1.54, 1.807) is 36.1 Å². The van der Waals surface area contributed by atoms with E-state index in [9.17, 15) is 0 Å². The Labute approximate surface area is 211 Å². The van der Waals surface area contributed by atoms with Gasteiger partial charge in [-0.05, 0) is 37.7 Å². The molecule has 0 spiro atoms. The average Bonchev–Trinajstić information content (AvgIpc) is 3.62. The van der Waals surface area contributed by atoms with E-state index < -0.39 is 0 Å². The molecule has 36 heavy (non-hydrogen) atoms. The van der Waals surface area contributed by atoms with Crippen molar-refractivity contribution in [2.75, 3.05) is 26.0 Å². The van der Waals surface area contributed by atoms with Crippen LogP contribution in [0.4, 0.5) is 5.69 Å². The minimum absolute atomic E-state index is 0.674. The number of aromatic amines is 2. The summed E-state index contributed by atoms with van der Waals surface area (Å²) in [5, 5.41) is 13.9. The van der Waals surface area contributed by atoms with Gasteiger partial charge in [-0.25, -0.2) is 4.98 Å². The lowest BCUT2D eigenvalue weighted by atomic mass is 10.1. The molecule has 0 aliphatic rings. The zero-order valence-corrected chi connectivity index (χ0v) is 20.6. The third-order valence-electron chi connectivity index (χ3n) is 5.71. The number of rotatable bonds is 7. The van der Waals surface area contributed by atoms with Gasteiger partial charge in [-0.15, -0.1) is 11.3 Å². The molecule has 0 amide bonds. The lowest BCUT2D eigenvalue weighted by Gasteiger charge is -2.14. The normalized spacial score (nSPS) is 11.5. The number of aromatic nitrogens is 7. The van der Waals surface area contributed by atoms with Gasteiger partial charge in [0, 0.05) is 46.0 Å². The van der Waals surface area contributed by atoms with Gasteiger partial charge in [-0.1, -0.05) is 12.6 Å². The summed E-state index contributed by atoms with van der Waals surface area (Å²) >= 11 is 1.66. The number of nitrogens with one attached hydrogen (secondary N) is 3. The number of anilines is 1. The van der Waals surface area contributed by atoms with Crippen molar-refractivity contribution >= 4 is 39.0 Å². The Hall–Kier alpha value is -4.41. The van der Waals surface area contributed by atoms with E-state index in [-0.39, 0.29) is 0 Å². The lowest BCUT2D eigenvalue weighted by molar-refractivity contribution is 0.447. The first kappa shape index (κ1) is 22.1. The van der Waals surface area contributed by atoms with Crippen molar-refractivity contribution in [3.63, 3.8) is 0 Å². The van der Waals surface area contributed by atoms with Gasteiger partial charge < -0.3 is 15.2 Å². The molecule has 0 radical (unpaired) electrons. The number of thiophene rings is 1. The predicted octanol–water partition coefficient (Wildman–Crippen LogP) is 5.17. The molecule has 3 N–H and O–H groups in total. The Morgan fingerprint density at radius 2 is 1.97 bits per heavy atom. The molecule has 6 aromatic heterocycles. The van der Waals surface area contributed by atoms with E-state index in [1.165, 1.54) is 0 Å². The van der Waals surface area contributed by atoms with Gasteiger partial charge in [0.05, 0.1) is 41.0 Å². The molecule has 0 fully saturated rings. The van der Waals surface area contributed by atoms with Gasteiger partial charge >= 0.3 is 0 Å². The van der Waals surface area contributed by atoms with Crippen LogP contribution >= 0.6 is 11.3 Å². The van der Waals surface area contributed by atoms with Crippen LogP contribution in [0.25, 0.3) is 55.2 Å². The van der Waals surface area contributed by atoms with Gasteiger partial charge in [0.15, 0.2) is 5.82 Å². The molecule has 6 rings (SSSR count). The van der Waals surface area contributed by atoms with Gasteiger partial charge in [0.25, 0.3) is 0 Å². The SMILES string of the molecule is C=C(CN(C)C)Nc1cncc(-c2cc3c(-c4nc5c(-c6cccs6)cncc5[nH]4)n[nH]c3cn2)c1. The van der Waals surface area contributed by atoms with Crippen molar-refractivity contribution in [2.24, 2.45) is 0 Å². The maximum Gasteiger partial charge on any atom is 0.159 e. The molecule has 0 bridgehead atoms. The van der Waals surface area contributed by atoms with E-state index in [0.29, 0.717) is 5.82 Å². The summed E-state index contributed by atoms with van der Waals surface area (Å²) < 4.78 is 0. The smallest absolute Gasteiger partial charge is 0.159 e. The van der Waals surface area contributed by atoms with Crippen LogP contribution in [0.1, 0.15) is 0 Å². The predicted molar refractivity (Wildman–Crippen MR) is 145 cm³/mol. The number of fused-ring (bicyclic) bond motifs is 2. The van der Waals surface area contributed by atoms with Crippen molar-refractivity contribution in [3.8, 4) is 33.2 Å². The molecule has 0 saturated heterocycles. The van der Waals surface area contributed by atoms with Gasteiger partial charge in [-0.2, -0.15) is 5.10 Å². The first-order chi connectivity index (χ1) is 17.5. The maximum atomic E-state index is 4.91. The highest BCUT2D eigenvalue weighted by Gasteiger charge is 2.17. The van der Waals surface area contributed by atoms with Crippen molar-refractivity contribution < 1.29 is 0 Å². The minimum atomic E-state index is 0.674. The second-order valence-electron chi connectivity index (χ2n) is 8.76. The van der Waals surface area contributed by atoms with E-state index in [2.05, 4.69) is 58.4 Å². The summed E-state index contributed by atoms with van der Waals surface area (Å²) in [5.74, 6) is 0.674. The summed E-state index contributed by atoms with van der Waals surface area (Å²) in [6, 6.07) is 8.13. The second kappa shape index (κ2) is 8.99. The third-order valence-corrected chi connectivity index (χ3v) is 6.62. The quantitative estimate of drug-likeness (QED) is 0.281. The van der Waals surface area contributed by atoms with Gasteiger partial charge in [0.1, 0.15) is 11.2 Å². The van der Waals surface area contributed by atoms with Crippen LogP contribution in [-0.4, -0.2) is 60.7 Å². The topological polar surface area (TPSA) is 111 Å². The van der Waals surface area contributed by atoms with Crippen molar-refractivity contribution in [3.05, 3.63) is 72.9 Å². The van der Waals surface area contributed by atoms with E-state index in [0.717, 1.165) is 67.3 Å². The molecule has 6 heterocycles. The van der Waals surface area contributed by atoms with Crippen LogP contribution in [0.15, 0.2) is 72.9 Å². The van der Waals surface area contributed by atoms with Crippen molar-refractivity contribution in [1.29, 1.82) is 0 Å². The molecule has 0 unspecified atom stereocenters. The largest absolute Gasteiger partial charge is 0.357 e. The Morgan fingerprint density at radius 3 is 2.81 bits per heavy atom. The standard InChI is InChI=1S/C26H23N9S/c1-15(14-35(2)3)30-17-7-16(9-27-10-17)20-8-18-21(13-29-20)33-34-25(18)26-31-22-12-28-11-19(24(22)32-26)23-5-4-6-36-23/h4-13,30H,1,14H2,2-3H3,(H,31,32)(H,33,34). The number of hydrogen-bond donors (Lipinski definition) is 3. The fourth-order valence-electron chi connectivity index (χ4n) is 4.19. The third kappa shape index (κ3) is 4.12. The Kier molecular flexibility index (Phi) is 5.51. The van der Waals surface area contributed by atoms with Crippen molar-refractivity contribution in [2.45, 2.75) is 0 Å². The van der Waals surface area contributed by atoms with Crippen molar-refractivity contribution in [1.82, 2.24) is 40.0 Å². The molecular formula is C26H23N9S. The van der Waals surface area contributed by atoms with E-state index in [4.69, 9.17) is 4.98 Å². The van der Waals surface area contributed by atoms with E-state index in [1.807, 2.05) is 38.5 Å². The maximum absolute atomic E-state index is 4.91. The van der Waals surface area contributed by atoms with Crippen LogP contribution in [0.2, 0.25) is 0 Å². The molecule has 0 atom stereocenters. The van der Waals surface area contributed by atoms with Crippen LogP contribution in [-0.2, 0) is 0 Å². The first-order valence-electron chi connectivity index (χ1n) is 11.3. The Morgan fingerprint density at radius 1 is 1.08 bits per heavy atom. The summed E-state index contributed by atoms with van der Waals surface area (Å²) in [5.41, 5.74) is 7.71. The molecule has 0 aliphatic carbocycles. The van der Waals surface area contributed by atoms with Gasteiger partial charge in [0.2, 0.25) is 0 Å². The average molecular weight is 494 g/mol. The number of likely N-dealkylation sites (N-methyl/N-ethyl adjacent to an activating group) is 1. The summed E-state index contributed by atoms with van der Waals surface area (Å²) in [4.78, 5) is 24.9. The zero-order chi connectivity index (χ0) is 24.6. The van der Waals surface area contributed by atoms with Gasteiger partial charge in [-0.3, -0.25) is 20.1 Å². The zero-order valence-electron chi connectivity index (χ0n) is 19.8. The summed E-state index contributed by atoms with van der Waals surface area (Å²) in [6.45, 7) is 4.82. The summed E-state index contributed by atoms with van der Waals surface area (Å²) in [7, 11) is 4.01. The molecule has 9 nitrogen and oxygen atoms in total. The minimum Gasteiger partial charge on any atom is -0.357 e. The van der Waals surface area contributed by atoms with E-state index >= 15 is 0 Å². The number of hydrogen-bond acceptors (Lipinski definition) is 8. The fraction of sp³-hybridized carbons (Fsp3) is 0.115. The fourth-order valence-corrected chi connectivity index (χ4v) is 4.92. The Balaban J connectivity index is 1.38. The number of H-pyrrole nitrogens is 2. The number of nitrogens with zero attached hydrogens (tertiary/aromatic N) is 6. The number of imidazole rings is 1. The summed E-state index contributed by atoms with van der Waals surface area (Å²) in [6.07, 6.45) is 9.01. The van der Waals surface area contributed by atoms with Crippen LogP contribution < -0.4 is 5.32 Å². The Bertz CT molecular complexity index is 1700. The molecule has 0 aromatic carbocycles. The molecule has 0 aliphatic heterocycles. The van der Waals surface area contributed by atoms with Crippen LogP contribution in [0.3, 0.4) is 0 Å². The molecule has 6 aromatic rings. The van der Waals surface area contributed by atoms with Crippen LogP contribution in [0.5, 0.6) is 0 Å². The number of pyridine rings is 3. The monoisotopic (exact) mass is 493 g/mol. The molecular weight excluding hydrogens is 470 g/mol. The highest BCUT2D eigenvalue weighted by molar-refractivity contribution is 7.13. The molecule has 0 saturated carbocycles. The molecule has 178 valence electrons. The molecule has 10 heteroatoms. The highest BCUT2D eigenvalue weighted by atomic mass is 32.1. The highest BCUT2D eigenvalue weighted by Crippen LogP contribution is 2.33.